The Kier molecular flexibility index (Phi) is 4.78. The van der Waals surface area contributed by atoms with Gasteiger partial charge >= 0.3 is 0 Å². The van der Waals surface area contributed by atoms with Crippen LogP contribution in [0.4, 0.5) is 0 Å². The van der Waals surface area contributed by atoms with Crippen molar-refractivity contribution in [3.63, 3.8) is 0 Å². The minimum absolute atomic E-state index is 0.0147. The third-order valence-electron chi connectivity index (χ3n) is 3.07. The fourth-order valence-corrected chi connectivity index (χ4v) is 2.18. The van der Waals surface area contributed by atoms with E-state index in [0.717, 1.165) is 0 Å². The summed E-state index contributed by atoms with van der Waals surface area (Å²) in [6, 6.07) is 0. The van der Waals surface area contributed by atoms with Crippen molar-refractivity contribution in [2.24, 2.45) is 0 Å². The molecule has 0 heterocycles. The van der Waals surface area contributed by atoms with Crippen molar-refractivity contribution in [2.75, 3.05) is 14.2 Å². The quantitative estimate of drug-likeness (QED) is 0.412. The van der Waals surface area contributed by atoms with Gasteiger partial charge in [-0.3, -0.25) is 0 Å². The predicted octanol–water partition coefficient (Wildman–Crippen LogP) is 2.85. The molecule has 0 aliphatic carbocycles. The smallest absolute Gasteiger partial charge is 0.194 e. The highest BCUT2D eigenvalue weighted by atomic mass is 28.4. The molecule has 0 aromatic heterocycles. The molecule has 0 N–H and O–H groups in total. The average Bonchev–Trinajstić information content (AvgIpc) is 2.00. The van der Waals surface area contributed by atoms with Gasteiger partial charge in [-0.1, -0.05) is 20.8 Å². The number of nitrogens with zero attached hydrogens (tertiary/aromatic N) is 1. The number of hydrogen-bond acceptors (Lipinski definition) is 3. The summed E-state index contributed by atoms with van der Waals surface area (Å²) in [5.41, 5.74) is 0. The summed E-state index contributed by atoms with van der Waals surface area (Å²) < 4.78 is 6.09. The van der Waals surface area contributed by atoms with E-state index in [1.165, 1.54) is 0 Å². The van der Waals surface area contributed by atoms with E-state index in [-0.39, 0.29) is 11.3 Å². The molecule has 3 nitrogen and oxygen atoms in total. The van der Waals surface area contributed by atoms with E-state index in [2.05, 4.69) is 33.9 Å². The van der Waals surface area contributed by atoms with E-state index < -0.39 is 8.32 Å². The lowest BCUT2D eigenvalue weighted by molar-refractivity contribution is -0.190. The lowest BCUT2D eigenvalue weighted by Gasteiger charge is -2.39. The Morgan fingerprint density at radius 3 is 1.93 bits per heavy atom. The average molecular weight is 219 g/mol. The number of hydroxylamine groups is 2. The van der Waals surface area contributed by atoms with Gasteiger partial charge in [-0.15, -0.1) is 0 Å². The first-order valence-electron chi connectivity index (χ1n) is 5.06. The van der Waals surface area contributed by atoms with Crippen LogP contribution in [0.1, 0.15) is 27.7 Å². The van der Waals surface area contributed by atoms with Gasteiger partial charge in [0.25, 0.3) is 0 Å². The first-order valence-corrected chi connectivity index (χ1v) is 7.97. The SMILES string of the molecule is CON(C)C(C)O[Si](C)(C)C(C)(C)C. The van der Waals surface area contributed by atoms with Crippen LogP contribution in [0.2, 0.25) is 18.1 Å². The van der Waals surface area contributed by atoms with Crippen molar-refractivity contribution in [2.45, 2.75) is 52.1 Å². The topological polar surface area (TPSA) is 21.7 Å². The first-order chi connectivity index (χ1) is 6.12. The predicted molar refractivity (Wildman–Crippen MR) is 62.5 cm³/mol. The molecule has 0 spiro atoms. The molecule has 0 amide bonds. The maximum atomic E-state index is 6.09. The van der Waals surface area contributed by atoms with Gasteiger partial charge in [0, 0.05) is 7.05 Å². The van der Waals surface area contributed by atoms with E-state index in [1.807, 2.05) is 14.0 Å². The summed E-state index contributed by atoms with van der Waals surface area (Å²) in [6.45, 7) is 13.2. The molecule has 0 fully saturated rings. The van der Waals surface area contributed by atoms with Gasteiger partial charge in [0.15, 0.2) is 8.32 Å². The molecular weight excluding hydrogens is 194 g/mol. The summed E-state index contributed by atoms with van der Waals surface area (Å²) in [4.78, 5) is 5.10. The molecule has 14 heavy (non-hydrogen) atoms. The van der Waals surface area contributed by atoms with Gasteiger partial charge in [0.2, 0.25) is 0 Å². The maximum absolute atomic E-state index is 6.09. The second kappa shape index (κ2) is 4.75. The molecule has 0 saturated carbocycles. The molecule has 1 unspecified atom stereocenters. The molecule has 0 aromatic carbocycles. The molecule has 0 aliphatic rings. The zero-order chi connectivity index (χ0) is 11.6. The molecule has 1 atom stereocenters. The van der Waals surface area contributed by atoms with Crippen molar-refractivity contribution in [3.8, 4) is 0 Å². The van der Waals surface area contributed by atoms with Gasteiger partial charge in [-0.2, -0.15) is 5.06 Å². The second-order valence-corrected chi connectivity index (χ2v) is 9.96. The van der Waals surface area contributed by atoms with Crippen LogP contribution >= 0.6 is 0 Å². The Hall–Kier alpha value is 0.0969. The van der Waals surface area contributed by atoms with E-state index >= 15 is 0 Å². The zero-order valence-electron chi connectivity index (χ0n) is 10.8. The van der Waals surface area contributed by atoms with E-state index in [1.54, 1.807) is 12.2 Å². The first kappa shape index (κ1) is 14.1. The second-order valence-electron chi connectivity index (χ2n) is 5.21. The zero-order valence-corrected chi connectivity index (χ0v) is 11.8. The molecule has 0 aliphatic heterocycles. The highest BCUT2D eigenvalue weighted by Gasteiger charge is 2.39. The molecule has 0 bridgehead atoms. The van der Waals surface area contributed by atoms with E-state index in [4.69, 9.17) is 9.26 Å². The highest BCUT2D eigenvalue weighted by Crippen LogP contribution is 2.37. The number of hydrogen-bond donors (Lipinski definition) is 0. The molecule has 86 valence electrons. The van der Waals surface area contributed by atoms with Crippen LogP contribution in [-0.4, -0.2) is 33.8 Å². The maximum Gasteiger partial charge on any atom is 0.194 e. The summed E-state index contributed by atoms with van der Waals surface area (Å²) in [5, 5.41) is 1.98. The molecular formula is C10H25NO2Si. The minimum atomic E-state index is -1.67. The van der Waals surface area contributed by atoms with Crippen molar-refractivity contribution in [1.29, 1.82) is 0 Å². The summed E-state index contributed by atoms with van der Waals surface area (Å²) in [7, 11) is 1.88. The lowest BCUT2D eigenvalue weighted by atomic mass is 10.2. The molecule has 0 radical (unpaired) electrons. The standard InChI is InChI=1S/C10H25NO2Si/c1-9(11(5)12-6)13-14(7,8)10(2,3)4/h9H,1-8H3. The van der Waals surface area contributed by atoms with Crippen molar-refractivity contribution >= 4 is 8.32 Å². The van der Waals surface area contributed by atoms with E-state index in [0.29, 0.717) is 0 Å². The summed E-state index contributed by atoms with van der Waals surface area (Å²) in [5.74, 6) is 0. The molecule has 4 heteroatoms. The van der Waals surface area contributed by atoms with Gasteiger partial charge in [-0.25, -0.2) is 0 Å². The third kappa shape index (κ3) is 3.69. The van der Waals surface area contributed by atoms with Gasteiger partial charge in [0.1, 0.15) is 6.23 Å². The minimum Gasteiger partial charge on any atom is -0.400 e. The fourth-order valence-electron chi connectivity index (χ4n) is 0.826. The van der Waals surface area contributed by atoms with Crippen LogP contribution in [0.5, 0.6) is 0 Å². The summed E-state index contributed by atoms with van der Waals surface area (Å²) >= 11 is 0. The third-order valence-corrected chi connectivity index (χ3v) is 7.61. The van der Waals surface area contributed by atoms with Crippen LogP contribution < -0.4 is 0 Å². The van der Waals surface area contributed by atoms with Gasteiger partial charge < -0.3 is 9.26 Å². The Morgan fingerprint density at radius 2 is 1.64 bits per heavy atom. The van der Waals surface area contributed by atoms with Crippen molar-refractivity contribution in [3.05, 3.63) is 0 Å². The van der Waals surface area contributed by atoms with Crippen LogP contribution in [-0.2, 0) is 9.26 Å². The fraction of sp³-hybridized carbons (Fsp3) is 1.00. The van der Waals surface area contributed by atoms with Crippen molar-refractivity contribution in [1.82, 2.24) is 5.06 Å². The lowest BCUT2D eigenvalue weighted by Crippen LogP contribution is -2.47. The van der Waals surface area contributed by atoms with Crippen LogP contribution in [0.25, 0.3) is 0 Å². The van der Waals surface area contributed by atoms with Crippen LogP contribution in [0.15, 0.2) is 0 Å². The van der Waals surface area contributed by atoms with E-state index in [9.17, 15) is 0 Å². The van der Waals surface area contributed by atoms with Crippen molar-refractivity contribution < 1.29 is 9.26 Å². The highest BCUT2D eigenvalue weighted by molar-refractivity contribution is 6.74. The van der Waals surface area contributed by atoms with Crippen LogP contribution in [0.3, 0.4) is 0 Å². The largest absolute Gasteiger partial charge is 0.400 e. The molecule has 0 saturated heterocycles. The van der Waals surface area contributed by atoms with Gasteiger partial charge in [-0.05, 0) is 25.1 Å². The Balaban J connectivity index is 4.36. The Morgan fingerprint density at radius 1 is 1.21 bits per heavy atom. The van der Waals surface area contributed by atoms with Gasteiger partial charge in [0.05, 0.1) is 7.11 Å². The monoisotopic (exact) mass is 219 g/mol. The normalized spacial score (nSPS) is 16.1. The molecule has 0 rings (SSSR count). The number of rotatable bonds is 4. The Labute approximate surface area is 89.5 Å². The molecule has 0 aromatic rings. The Bertz CT molecular complexity index is 177. The summed E-state index contributed by atoms with van der Waals surface area (Å²) in [6.07, 6.45) is 0.0147. The van der Waals surface area contributed by atoms with Crippen LogP contribution in [0, 0.1) is 0 Å².